The van der Waals surface area contributed by atoms with Crippen LogP contribution in [0.3, 0.4) is 0 Å². The molecule has 0 saturated heterocycles. The minimum Gasteiger partial charge on any atom is -0.478 e. The Hall–Kier alpha value is -2.78. The molecule has 0 aliphatic rings. The molecule has 10 heteroatoms. The molecular weight excluding hydrogens is 538 g/mol. The Morgan fingerprint density at radius 2 is 1.95 bits per heavy atom. The number of carbonyl (C=O) groups is 2. The van der Waals surface area contributed by atoms with Gasteiger partial charge in [-0.15, -0.1) is 11.3 Å². The van der Waals surface area contributed by atoms with Crippen LogP contribution >= 0.6 is 34.5 Å². The van der Waals surface area contributed by atoms with Crippen molar-refractivity contribution in [1.29, 1.82) is 0 Å². The Morgan fingerprint density at radius 1 is 1.24 bits per heavy atom. The molecule has 1 unspecified atom stereocenters. The van der Waals surface area contributed by atoms with Crippen LogP contribution in [0.4, 0.5) is 9.52 Å². The molecule has 2 N–H and O–H groups in total. The van der Waals surface area contributed by atoms with Gasteiger partial charge >= 0.3 is 5.97 Å². The SMILES string of the molecule is CCCCOC(CC)c1cccc(-c2csc(NC(=O)c3cc(Cl)c(/C=C(\C)C(=O)O)c(Cl)c3)n2)c1F. The summed E-state index contributed by atoms with van der Waals surface area (Å²) in [6.07, 6.45) is 3.53. The van der Waals surface area contributed by atoms with E-state index in [0.29, 0.717) is 35.4 Å². The topological polar surface area (TPSA) is 88.5 Å². The number of benzene rings is 2. The number of carboxylic acid groups (broad SMARTS) is 1. The van der Waals surface area contributed by atoms with Crippen molar-refractivity contribution in [3.8, 4) is 11.3 Å². The molecule has 0 aliphatic heterocycles. The lowest BCUT2D eigenvalue weighted by molar-refractivity contribution is -0.132. The lowest BCUT2D eigenvalue weighted by Gasteiger charge is -2.18. The molecule has 0 radical (unpaired) electrons. The Bertz CT molecular complexity index is 1300. The maximum atomic E-state index is 15.4. The normalized spacial score (nSPS) is 12.4. The molecule has 0 spiro atoms. The van der Waals surface area contributed by atoms with Crippen LogP contribution in [0, 0.1) is 5.82 Å². The third-order valence-corrected chi connectivity index (χ3v) is 6.99. The lowest BCUT2D eigenvalue weighted by Crippen LogP contribution is -2.12. The number of carboxylic acids is 1. The van der Waals surface area contributed by atoms with Gasteiger partial charge in [0.2, 0.25) is 0 Å². The quantitative estimate of drug-likeness (QED) is 0.181. The van der Waals surface area contributed by atoms with Crippen molar-refractivity contribution in [3.63, 3.8) is 0 Å². The molecule has 1 atom stereocenters. The standard InChI is InChI=1S/C27H27Cl2FN2O4S/c1-4-6-10-36-23(5-2)18-9-7-8-17(24(18)30)22-14-37-27(31-22)32-25(33)16-12-20(28)19(21(29)13-16)11-15(3)26(34)35/h7-9,11-14,23H,4-6,10H2,1-3H3,(H,34,35)(H,31,32,33)/b15-11+. The minimum absolute atomic E-state index is 0.0467. The minimum atomic E-state index is -1.11. The van der Waals surface area contributed by atoms with Gasteiger partial charge in [-0.3, -0.25) is 10.1 Å². The Kier molecular flexibility index (Phi) is 10.2. The van der Waals surface area contributed by atoms with E-state index < -0.39 is 17.7 Å². The predicted octanol–water partition coefficient (Wildman–Crippen LogP) is 8.26. The van der Waals surface area contributed by atoms with Gasteiger partial charge in [0.05, 0.1) is 21.8 Å². The van der Waals surface area contributed by atoms with Crippen LogP contribution in [0.25, 0.3) is 17.3 Å². The van der Waals surface area contributed by atoms with Gasteiger partial charge in [0.1, 0.15) is 5.82 Å². The van der Waals surface area contributed by atoms with E-state index in [-0.39, 0.29) is 32.4 Å². The summed E-state index contributed by atoms with van der Waals surface area (Å²) < 4.78 is 21.3. The number of nitrogens with one attached hydrogen (secondary N) is 1. The number of carbonyl (C=O) groups excluding carboxylic acids is 1. The zero-order valence-electron chi connectivity index (χ0n) is 20.6. The summed E-state index contributed by atoms with van der Waals surface area (Å²) in [5, 5.41) is 14.0. The first-order valence-corrected chi connectivity index (χ1v) is 13.4. The van der Waals surface area contributed by atoms with Gasteiger partial charge in [0.25, 0.3) is 5.91 Å². The van der Waals surface area contributed by atoms with Crippen molar-refractivity contribution in [2.45, 2.75) is 46.1 Å². The maximum absolute atomic E-state index is 15.4. The lowest BCUT2D eigenvalue weighted by atomic mass is 10.0. The number of aliphatic carboxylic acids is 1. The van der Waals surface area contributed by atoms with E-state index in [9.17, 15) is 9.59 Å². The fourth-order valence-corrected chi connectivity index (χ4v) is 4.85. The van der Waals surface area contributed by atoms with Crippen LogP contribution in [-0.4, -0.2) is 28.6 Å². The highest BCUT2D eigenvalue weighted by atomic mass is 35.5. The van der Waals surface area contributed by atoms with Crippen LogP contribution in [-0.2, 0) is 9.53 Å². The molecule has 3 rings (SSSR count). The summed E-state index contributed by atoms with van der Waals surface area (Å²) in [7, 11) is 0. The Balaban J connectivity index is 1.80. The third kappa shape index (κ3) is 7.17. The number of amides is 1. The van der Waals surface area contributed by atoms with E-state index in [2.05, 4.69) is 17.2 Å². The monoisotopic (exact) mass is 564 g/mol. The summed E-state index contributed by atoms with van der Waals surface area (Å²) in [5.74, 6) is -2.02. The first-order valence-electron chi connectivity index (χ1n) is 11.7. The molecule has 0 saturated carbocycles. The fraction of sp³-hybridized carbons (Fsp3) is 0.296. The zero-order valence-corrected chi connectivity index (χ0v) is 22.9. The van der Waals surface area contributed by atoms with Gasteiger partial charge < -0.3 is 9.84 Å². The molecule has 6 nitrogen and oxygen atoms in total. The molecular formula is C27H27Cl2FN2O4S. The molecule has 1 heterocycles. The van der Waals surface area contributed by atoms with Gasteiger partial charge in [-0.25, -0.2) is 14.2 Å². The van der Waals surface area contributed by atoms with Crippen LogP contribution in [0.1, 0.15) is 67.6 Å². The highest BCUT2D eigenvalue weighted by molar-refractivity contribution is 7.14. The zero-order chi connectivity index (χ0) is 27.1. The summed E-state index contributed by atoms with van der Waals surface area (Å²) in [6, 6.07) is 7.92. The first kappa shape index (κ1) is 28.8. The number of halogens is 3. The Morgan fingerprint density at radius 3 is 2.57 bits per heavy atom. The Labute approximate surface area is 229 Å². The molecule has 3 aromatic rings. The van der Waals surface area contributed by atoms with Crippen molar-refractivity contribution in [2.75, 3.05) is 11.9 Å². The van der Waals surface area contributed by atoms with Crippen LogP contribution < -0.4 is 5.32 Å². The second-order valence-corrected chi connectivity index (χ2v) is 9.98. The van der Waals surface area contributed by atoms with Gasteiger partial charge in [-0.2, -0.15) is 0 Å². The van der Waals surface area contributed by atoms with E-state index in [0.717, 1.165) is 24.2 Å². The number of thiazole rings is 1. The van der Waals surface area contributed by atoms with Crippen LogP contribution in [0.15, 0.2) is 41.3 Å². The highest BCUT2D eigenvalue weighted by Gasteiger charge is 2.20. The molecule has 1 amide bonds. The summed E-state index contributed by atoms with van der Waals surface area (Å²) in [5.41, 5.74) is 1.71. The van der Waals surface area contributed by atoms with E-state index in [1.807, 2.05) is 6.92 Å². The van der Waals surface area contributed by atoms with E-state index in [1.54, 1.807) is 23.6 Å². The fourth-order valence-electron chi connectivity index (χ4n) is 3.55. The number of aromatic nitrogens is 1. The van der Waals surface area contributed by atoms with Crippen molar-refractivity contribution < 1.29 is 23.8 Å². The molecule has 0 aliphatic carbocycles. The van der Waals surface area contributed by atoms with Crippen molar-refractivity contribution in [3.05, 3.63) is 73.8 Å². The second kappa shape index (κ2) is 13.1. The van der Waals surface area contributed by atoms with Gasteiger partial charge in [-0.05, 0) is 44.0 Å². The molecule has 0 fully saturated rings. The number of hydrogen-bond donors (Lipinski definition) is 2. The number of unbranched alkanes of at least 4 members (excludes halogenated alkanes) is 1. The average molecular weight is 565 g/mol. The summed E-state index contributed by atoms with van der Waals surface area (Å²) in [6.45, 7) is 6.00. The summed E-state index contributed by atoms with van der Waals surface area (Å²) in [4.78, 5) is 28.3. The van der Waals surface area contributed by atoms with Crippen LogP contribution in [0.5, 0.6) is 0 Å². The molecule has 196 valence electrons. The predicted molar refractivity (Wildman–Crippen MR) is 147 cm³/mol. The van der Waals surface area contributed by atoms with E-state index in [1.165, 1.54) is 25.1 Å². The van der Waals surface area contributed by atoms with E-state index >= 15 is 4.39 Å². The smallest absolute Gasteiger partial charge is 0.331 e. The number of nitrogens with zero attached hydrogens (tertiary/aromatic N) is 1. The first-order chi connectivity index (χ1) is 17.7. The molecule has 0 bridgehead atoms. The van der Waals surface area contributed by atoms with Gasteiger partial charge in [0.15, 0.2) is 5.13 Å². The molecule has 37 heavy (non-hydrogen) atoms. The van der Waals surface area contributed by atoms with Crippen LogP contribution in [0.2, 0.25) is 10.0 Å². The number of ether oxygens (including phenoxy) is 1. The maximum Gasteiger partial charge on any atom is 0.331 e. The number of anilines is 1. The number of hydrogen-bond acceptors (Lipinski definition) is 5. The highest BCUT2D eigenvalue weighted by Crippen LogP contribution is 2.33. The average Bonchev–Trinajstić information content (AvgIpc) is 3.32. The second-order valence-electron chi connectivity index (χ2n) is 8.31. The van der Waals surface area contributed by atoms with Gasteiger partial charge in [-0.1, -0.05) is 55.6 Å². The van der Waals surface area contributed by atoms with Crippen molar-refractivity contribution in [2.24, 2.45) is 0 Å². The van der Waals surface area contributed by atoms with E-state index in [4.69, 9.17) is 33.0 Å². The number of rotatable bonds is 11. The summed E-state index contributed by atoms with van der Waals surface area (Å²) >= 11 is 13.7. The molecule has 2 aromatic carbocycles. The van der Waals surface area contributed by atoms with Crippen molar-refractivity contribution >= 4 is 57.6 Å². The van der Waals surface area contributed by atoms with Crippen molar-refractivity contribution in [1.82, 2.24) is 4.98 Å². The molecule has 1 aromatic heterocycles. The third-order valence-electron chi connectivity index (χ3n) is 5.60. The largest absolute Gasteiger partial charge is 0.478 e. The van der Waals surface area contributed by atoms with Gasteiger partial charge in [0, 0.05) is 39.8 Å².